The topological polar surface area (TPSA) is 123 Å². The highest BCUT2D eigenvalue weighted by Crippen LogP contribution is 2.34. The highest BCUT2D eigenvalue weighted by atomic mass is 19.1. The Hall–Kier alpha value is -4.21. The van der Waals surface area contributed by atoms with E-state index in [1.807, 2.05) is 24.3 Å². The van der Waals surface area contributed by atoms with Gasteiger partial charge in [0.2, 0.25) is 0 Å². The molecule has 0 heterocycles. The average molecular weight is 550 g/mol. The summed E-state index contributed by atoms with van der Waals surface area (Å²) in [6.45, 7) is 1.19. The van der Waals surface area contributed by atoms with E-state index in [2.05, 4.69) is 15.7 Å². The van der Waals surface area contributed by atoms with Gasteiger partial charge in [0.15, 0.2) is 0 Å². The second-order valence-electron chi connectivity index (χ2n) is 10.4. The maximum Gasteiger partial charge on any atom is 0.322 e. The zero-order valence-corrected chi connectivity index (χ0v) is 22.6. The van der Waals surface area contributed by atoms with Gasteiger partial charge in [-0.05, 0) is 67.2 Å². The fourth-order valence-corrected chi connectivity index (χ4v) is 5.18. The monoisotopic (exact) mass is 549 g/mol. The first-order valence-electron chi connectivity index (χ1n) is 13.5. The molecule has 1 fully saturated rings. The smallest absolute Gasteiger partial charge is 0.322 e. The summed E-state index contributed by atoms with van der Waals surface area (Å²) in [6, 6.07) is 13.9. The van der Waals surface area contributed by atoms with Crippen LogP contribution in [-0.4, -0.2) is 30.1 Å². The summed E-state index contributed by atoms with van der Waals surface area (Å²) < 4.78 is 29.4. The minimum Gasteiger partial charge on any atom is -0.334 e. The molecule has 0 spiro atoms. The number of anilines is 1. The van der Waals surface area contributed by atoms with Crippen molar-refractivity contribution in [3.05, 3.63) is 88.8 Å². The summed E-state index contributed by atoms with van der Waals surface area (Å²) in [5.41, 5.74) is 5.91. The van der Waals surface area contributed by atoms with Crippen LogP contribution in [-0.2, 0) is 6.54 Å². The van der Waals surface area contributed by atoms with Crippen LogP contribution in [0.4, 0.5) is 19.3 Å². The van der Waals surface area contributed by atoms with Crippen molar-refractivity contribution in [2.45, 2.75) is 63.6 Å². The molecule has 5 N–H and O–H groups in total. The normalized spacial score (nSPS) is 19.2. The number of nitrogens with one attached hydrogen (secondary N) is 3. The van der Waals surface area contributed by atoms with Crippen molar-refractivity contribution in [2.75, 3.05) is 11.4 Å². The largest absolute Gasteiger partial charge is 0.334 e. The predicted molar refractivity (Wildman–Crippen MR) is 149 cm³/mol. The van der Waals surface area contributed by atoms with Gasteiger partial charge in [0.05, 0.1) is 6.54 Å². The number of nitrogens with two attached hydrogens (primary N) is 1. The molecule has 0 aromatic heterocycles. The second-order valence-corrected chi connectivity index (χ2v) is 10.4. The van der Waals surface area contributed by atoms with Crippen molar-refractivity contribution in [1.29, 1.82) is 5.41 Å². The number of benzene rings is 2. The van der Waals surface area contributed by atoms with Gasteiger partial charge in [-0.15, -0.1) is 5.53 Å². The summed E-state index contributed by atoms with van der Waals surface area (Å²) in [4.78, 5) is 27.2. The number of guanidine groups is 1. The Labute approximate surface area is 232 Å². The first kappa shape index (κ1) is 28.8. The Morgan fingerprint density at radius 1 is 1.10 bits per heavy atom. The number of allylic oxidation sites excluding steroid dienone is 3. The third kappa shape index (κ3) is 7.05. The van der Waals surface area contributed by atoms with Gasteiger partial charge in [-0.1, -0.05) is 49.6 Å². The van der Waals surface area contributed by atoms with E-state index in [1.165, 1.54) is 48.8 Å². The molecule has 2 aromatic carbocycles. The first-order valence-corrected chi connectivity index (χ1v) is 13.5. The molecule has 2 aromatic rings. The molecule has 4 rings (SSSR count). The van der Waals surface area contributed by atoms with Crippen molar-refractivity contribution in [2.24, 2.45) is 5.11 Å². The number of carbonyl (C=O) groups is 2. The van der Waals surface area contributed by atoms with E-state index in [0.717, 1.165) is 18.4 Å². The number of rotatable bonds is 7. The van der Waals surface area contributed by atoms with E-state index >= 15 is 0 Å². The Morgan fingerprint density at radius 3 is 2.40 bits per heavy atom. The summed E-state index contributed by atoms with van der Waals surface area (Å²) in [7, 11) is 0. The Morgan fingerprint density at radius 2 is 1.77 bits per heavy atom. The fraction of sp³-hybridized carbons (Fsp3) is 0.367. The number of carbonyl (C=O) groups excluding carboxylic acids is 2. The minimum absolute atomic E-state index is 0.0384. The molecule has 10 heteroatoms. The molecule has 0 saturated heterocycles. The van der Waals surface area contributed by atoms with Gasteiger partial charge in [0.25, 0.3) is 11.9 Å². The number of nitrogens with zero attached hydrogens (tertiary/aromatic N) is 2. The van der Waals surface area contributed by atoms with Crippen LogP contribution < -0.4 is 21.1 Å². The lowest BCUT2D eigenvalue weighted by Crippen LogP contribution is -2.42. The third-order valence-corrected chi connectivity index (χ3v) is 7.54. The van der Waals surface area contributed by atoms with E-state index in [1.54, 1.807) is 24.3 Å². The average Bonchev–Trinajstić information content (AvgIpc) is 2.96. The van der Waals surface area contributed by atoms with Gasteiger partial charge < -0.3 is 5.32 Å². The molecule has 0 aliphatic heterocycles. The molecule has 8 nitrogen and oxygen atoms in total. The molecule has 1 atom stereocenters. The van der Waals surface area contributed by atoms with Gasteiger partial charge in [-0.3, -0.25) is 20.4 Å². The molecule has 210 valence electrons. The van der Waals surface area contributed by atoms with Crippen molar-refractivity contribution in [1.82, 2.24) is 10.6 Å². The Kier molecular flexibility index (Phi) is 9.19. The lowest BCUT2D eigenvalue weighted by Gasteiger charge is -2.28. The predicted octanol–water partition coefficient (Wildman–Crippen LogP) is 5.24. The van der Waals surface area contributed by atoms with Crippen molar-refractivity contribution < 1.29 is 23.9 Å². The highest BCUT2D eigenvalue weighted by Gasteiger charge is 2.33. The van der Waals surface area contributed by atoms with Crippen LogP contribution in [0.5, 0.6) is 0 Å². The number of halogens is 2. The standard InChI is InChI=1S/C30H34F2N6O2/c1-30(32)17-5-8-26(31)25(30)18-35-29(40)38(24-15-13-22(14-16-24)21-6-3-2-4-7-21)19-20-9-11-23(12-10-20)27(39)36-28(33)37-34/h5,8-16,21,34H,2-4,6-7,17-19H2,1H3,(H,35,40)(H2,33,36,39)/p+1. The van der Waals surface area contributed by atoms with Gasteiger partial charge in [0.1, 0.15) is 11.5 Å². The molecule has 0 bridgehead atoms. The summed E-state index contributed by atoms with van der Waals surface area (Å²) in [5.74, 6) is -1.17. The molecular weight excluding hydrogens is 514 g/mol. The molecule has 1 saturated carbocycles. The number of hydrogen-bond acceptors (Lipinski definition) is 3. The van der Waals surface area contributed by atoms with E-state index < -0.39 is 29.4 Å². The second kappa shape index (κ2) is 12.8. The quantitative estimate of drug-likeness (QED) is 0.214. The third-order valence-electron chi connectivity index (χ3n) is 7.54. The Bertz CT molecular complexity index is 1310. The lowest BCUT2D eigenvalue weighted by atomic mass is 9.84. The summed E-state index contributed by atoms with van der Waals surface area (Å²) in [5, 5.41) is 15.5. The van der Waals surface area contributed by atoms with Crippen molar-refractivity contribution in [3.8, 4) is 0 Å². The number of urea groups is 1. The highest BCUT2D eigenvalue weighted by molar-refractivity contribution is 6.04. The van der Waals surface area contributed by atoms with Crippen LogP contribution in [0.2, 0.25) is 0 Å². The van der Waals surface area contributed by atoms with Crippen LogP contribution >= 0.6 is 0 Å². The fourth-order valence-electron chi connectivity index (χ4n) is 5.18. The number of alkyl halides is 1. The van der Waals surface area contributed by atoms with Gasteiger partial charge in [-0.25, -0.2) is 13.6 Å². The van der Waals surface area contributed by atoms with Crippen LogP contribution in [0.15, 0.2) is 77.2 Å². The van der Waals surface area contributed by atoms with E-state index in [-0.39, 0.29) is 25.1 Å². The Balaban J connectivity index is 1.54. The van der Waals surface area contributed by atoms with Crippen molar-refractivity contribution in [3.63, 3.8) is 0 Å². The van der Waals surface area contributed by atoms with Crippen LogP contribution in [0.3, 0.4) is 0 Å². The SMILES string of the molecule is CC1(F)CC=CC(F)=C1CNC(=O)N(Cc1ccc(C(=O)NC(=N)N=[NH2+])cc1)c1ccc(C2CCCCC2)cc1. The maximum absolute atomic E-state index is 15.0. The minimum atomic E-state index is -1.89. The van der Waals surface area contributed by atoms with E-state index in [4.69, 9.17) is 10.9 Å². The molecule has 2 aliphatic carbocycles. The summed E-state index contributed by atoms with van der Waals surface area (Å²) in [6.07, 6.45) is 8.70. The van der Waals surface area contributed by atoms with Gasteiger partial charge in [0, 0.05) is 34.9 Å². The van der Waals surface area contributed by atoms with E-state index in [9.17, 15) is 18.4 Å². The molecule has 40 heavy (non-hydrogen) atoms. The molecule has 1 unspecified atom stereocenters. The first-order chi connectivity index (χ1) is 19.2. The van der Waals surface area contributed by atoms with Crippen LogP contribution in [0.25, 0.3) is 0 Å². The van der Waals surface area contributed by atoms with E-state index in [0.29, 0.717) is 17.2 Å². The van der Waals surface area contributed by atoms with Gasteiger partial charge in [-0.2, -0.15) is 0 Å². The summed E-state index contributed by atoms with van der Waals surface area (Å²) >= 11 is 0. The number of amides is 3. The van der Waals surface area contributed by atoms with Crippen LogP contribution in [0.1, 0.15) is 72.9 Å². The maximum atomic E-state index is 15.0. The molecule has 3 amide bonds. The zero-order valence-electron chi connectivity index (χ0n) is 22.6. The van der Waals surface area contributed by atoms with Crippen molar-refractivity contribution >= 4 is 23.6 Å². The zero-order chi connectivity index (χ0) is 28.7. The lowest BCUT2D eigenvalue weighted by molar-refractivity contribution is -0.207. The van der Waals surface area contributed by atoms with Gasteiger partial charge >= 0.3 is 6.03 Å². The molecule has 0 radical (unpaired) electrons. The number of hydrogen-bond donors (Lipinski definition) is 4. The molecule has 2 aliphatic rings. The molecular formula is C30H35F2N6O2+. The van der Waals surface area contributed by atoms with Crippen LogP contribution in [0, 0.1) is 5.41 Å².